The Balaban J connectivity index is 1.53. The van der Waals surface area contributed by atoms with Crippen LogP contribution in [0.2, 0.25) is 0 Å². The highest BCUT2D eigenvalue weighted by atomic mass is 16.5. The zero-order valence-corrected chi connectivity index (χ0v) is 15.3. The van der Waals surface area contributed by atoms with Gasteiger partial charge in [-0.15, -0.1) is 0 Å². The molecule has 0 bridgehead atoms. The van der Waals surface area contributed by atoms with E-state index in [1.54, 1.807) is 0 Å². The third-order valence-corrected chi connectivity index (χ3v) is 5.39. The van der Waals surface area contributed by atoms with E-state index in [4.69, 9.17) is 10.2 Å². The average Bonchev–Trinajstić information content (AvgIpc) is 3.06. The van der Waals surface area contributed by atoms with Crippen molar-refractivity contribution in [1.82, 2.24) is 19.9 Å². The van der Waals surface area contributed by atoms with Gasteiger partial charge in [0.1, 0.15) is 5.65 Å². The fraction of sp³-hybridized carbons (Fsp3) is 0.381. The Labute approximate surface area is 154 Å². The first-order valence-electron chi connectivity index (χ1n) is 9.30. The summed E-state index contributed by atoms with van der Waals surface area (Å²) in [7, 11) is 2.16. The van der Waals surface area contributed by atoms with E-state index in [-0.39, 0.29) is 0 Å². The van der Waals surface area contributed by atoms with Crippen LogP contribution in [0.25, 0.3) is 16.6 Å². The number of fused-ring (bicyclic) bond motifs is 1. The minimum Gasteiger partial charge on any atom is -0.328 e. The summed E-state index contributed by atoms with van der Waals surface area (Å²) in [6.07, 6.45) is 13.9. The number of aromatic nitrogens is 2. The van der Waals surface area contributed by atoms with Gasteiger partial charge in [0.15, 0.2) is 0 Å². The Bertz CT molecular complexity index is 891. The van der Waals surface area contributed by atoms with Gasteiger partial charge in [-0.1, -0.05) is 29.4 Å². The van der Waals surface area contributed by atoms with Gasteiger partial charge in [0.25, 0.3) is 0 Å². The van der Waals surface area contributed by atoms with Crippen LogP contribution in [0.3, 0.4) is 0 Å². The summed E-state index contributed by atoms with van der Waals surface area (Å²) in [5, 5.41) is 10.0. The smallest absolute Gasteiger partial charge is 0.140 e. The molecule has 5 nitrogen and oxygen atoms in total. The summed E-state index contributed by atoms with van der Waals surface area (Å²) in [6, 6.07) is 4.44. The molecular formula is C21H26N4O. The molecule has 0 amide bonds. The average molecular weight is 350 g/mol. The van der Waals surface area contributed by atoms with E-state index in [1.165, 1.54) is 27.7 Å². The van der Waals surface area contributed by atoms with Crippen molar-refractivity contribution >= 4 is 16.6 Å². The molecule has 136 valence electrons. The van der Waals surface area contributed by atoms with Crippen LogP contribution >= 0.6 is 0 Å². The van der Waals surface area contributed by atoms with E-state index in [1.807, 2.05) is 6.20 Å². The van der Waals surface area contributed by atoms with Crippen molar-refractivity contribution in [3.05, 3.63) is 59.5 Å². The number of likely N-dealkylation sites (N-methyl/N-ethyl adjacent to an activating group) is 1. The summed E-state index contributed by atoms with van der Waals surface area (Å²) in [5.41, 5.74) is 8.59. The van der Waals surface area contributed by atoms with Gasteiger partial charge in [0.05, 0.1) is 0 Å². The lowest BCUT2D eigenvalue weighted by molar-refractivity contribution is 0.176. The molecular weight excluding hydrogens is 324 g/mol. The highest BCUT2D eigenvalue weighted by molar-refractivity contribution is 5.81. The molecule has 1 aliphatic heterocycles. The topological polar surface area (TPSA) is 53.3 Å². The summed E-state index contributed by atoms with van der Waals surface area (Å²) in [4.78, 5) is 7.10. The molecule has 0 unspecified atom stereocenters. The maximum atomic E-state index is 8.81. The van der Waals surface area contributed by atoms with Crippen LogP contribution in [0, 0.1) is 0 Å². The zero-order valence-electron chi connectivity index (χ0n) is 15.3. The quantitative estimate of drug-likeness (QED) is 0.812. The first-order valence-corrected chi connectivity index (χ1v) is 9.30. The van der Waals surface area contributed by atoms with Gasteiger partial charge >= 0.3 is 0 Å². The van der Waals surface area contributed by atoms with E-state index in [9.17, 15) is 0 Å². The fourth-order valence-corrected chi connectivity index (χ4v) is 3.74. The van der Waals surface area contributed by atoms with Gasteiger partial charge in [-0.3, -0.25) is 0 Å². The minimum absolute atomic E-state index is 0.548. The number of allylic oxidation sites excluding steroid dienone is 3. The molecule has 0 radical (unpaired) electrons. The van der Waals surface area contributed by atoms with Crippen LogP contribution in [0.4, 0.5) is 0 Å². The number of rotatable bonds is 5. The van der Waals surface area contributed by atoms with Gasteiger partial charge in [-0.25, -0.2) is 10.5 Å². The summed E-state index contributed by atoms with van der Waals surface area (Å²) in [6.45, 7) is 3.55. The maximum absolute atomic E-state index is 8.81. The maximum Gasteiger partial charge on any atom is 0.140 e. The molecule has 0 saturated heterocycles. The SMILES string of the molecule is CN1CC=C(c2cnc3c(ccn3CC3=CC=C(CNO)CC3)c2)CC1. The molecule has 5 heteroatoms. The lowest BCUT2D eigenvalue weighted by Crippen LogP contribution is -2.23. The Morgan fingerprint density at radius 1 is 1.19 bits per heavy atom. The minimum atomic E-state index is 0.548. The molecule has 0 spiro atoms. The largest absolute Gasteiger partial charge is 0.328 e. The molecule has 2 aliphatic rings. The molecule has 4 rings (SSSR count). The van der Waals surface area contributed by atoms with Gasteiger partial charge in [-0.05, 0) is 49.6 Å². The van der Waals surface area contributed by atoms with E-state index in [0.29, 0.717) is 6.54 Å². The molecule has 0 fully saturated rings. The first-order chi connectivity index (χ1) is 12.7. The summed E-state index contributed by atoms with van der Waals surface area (Å²) in [5.74, 6) is 0. The Morgan fingerprint density at radius 3 is 2.77 bits per heavy atom. The number of hydroxylamine groups is 1. The molecule has 2 aromatic heterocycles. The number of nitrogens with zero attached hydrogens (tertiary/aromatic N) is 3. The molecule has 1 aliphatic carbocycles. The summed E-state index contributed by atoms with van der Waals surface area (Å²) >= 11 is 0. The Morgan fingerprint density at radius 2 is 2.04 bits per heavy atom. The van der Waals surface area contributed by atoms with Crippen molar-refractivity contribution < 1.29 is 5.21 Å². The standard InChI is InChI=1S/C21H26N4O/c1-24-9-6-18(7-10-24)20-12-19-8-11-25(21(19)22-14-20)15-17-4-2-16(3-5-17)13-23-26/h2,4,6,8,11-12,14,23,26H,3,5,7,9-10,13,15H2,1H3. The van der Waals surface area contributed by atoms with Crippen molar-refractivity contribution in [2.24, 2.45) is 0 Å². The van der Waals surface area contributed by atoms with Gasteiger partial charge in [-0.2, -0.15) is 0 Å². The molecule has 0 atom stereocenters. The summed E-state index contributed by atoms with van der Waals surface area (Å²) < 4.78 is 2.23. The van der Waals surface area contributed by atoms with Crippen molar-refractivity contribution in [1.29, 1.82) is 0 Å². The third kappa shape index (κ3) is 3.65. The lowest BCUT2D eigenvalue weighted by Gasteiger charge is -2.22. The van der Waals surface area contributed by atoms with Crippen LogP contribution in [-0.2, 0) is 6.54 Å². The van der Waals surface area contributed by atoms with Crippen molar-refractivity contribution in [3.8, 4) is 0 Å². The second-order valence-corrected chi connectivity index (χ2v) is 7.31. The van der Waals surface area contributed by atoms with Crippen molar-refractivity contribution in [2.45, 2.75) is 25.8 Å². The van der Waals surface area contributed by atoms with Crippen LogP contribution < -0.4 is 5.48 Å². The van der Waals surface area contributed by atoms with E-state index in [2.05, 4.69) is 58.6 Å². The van der Waals surface area contributed by atoms with Crippen LogP contribution in [0.15, 0.2) is 53.9 Å². The number of pyridine rings is 1. The van der Waals surface area contributed by atoms with Crippen molar-refractivity contribution in [3.63, 3.8) is 0 Å². The lowest BCUT2D eigenvalue weighted by atomic mass is 9.98. The molecule has 0 saturated carbocycles. The highest BCUT2D eigenvalue weighted by Crippen LogP contribution is 2.26. The van der Waals surface area contributed by atoms with E-state index < -0.39 is 0 Å². The Kier molecular flexibility index (Phi) is 5.02. The van der Waals surface area contributed by atoms with Crippen molar-refractivity contribution in [2.75, 3.05) is 26.7 Å². The second-order valence-electron chi connectivity index (χ2n) is 7.31. The number of hydrogen-bond donors (Lipinski definition) is 2. The Hall–Kier alpha value is -2.21. The molecule has 2 aromatic rings. The molecule has 3 heterocycles. The van der Waals surface area contributed by atoms with E-state index >= 15 is 0 Å². The number of nitrogens with one attached hydrogen (secondary N) is 1. The molecule has 26 heavy (non-hydrogen) atoms. The highest BCUT2D eigenvalue weighted by Gasteiger charge is 2.13. The van der Waals surface area contributed by atoms with Crippen LogP contribution in [0.1, 0.15) is 24.8 Å². The van der Waals surface area contributed by atoms with Crippen LogP contribution in [0.5, 0.6) is 0 Å². The van der Waals surface area contributed by atoms with Gasteiger partial charge in [0.2, 0.25) is 0 Å². The van der Waals surface area contributed by atoms with E-state index in [0.717, 1.165) is 44.5 Å². The second kappa shape index (κ2) is 7.58. The number of hydrogen-bond acceptors (Lipinski definition) is 4. The molecule has 0 aromatic carbocycles. The third-order valence-electron chi connectivity index (χ3n) is 5.39. The predicted octanol–water partition coefficient (Wildman–Crippen LogP) is 3.38. The fourth-order valence-electron chi connectivity index (χ4n) is 3.74. The van der Waals surface area contributed by atoms with Crippen LogP contribution in [-0.4, -0.2) is 46.3 Å². The monoisotopic (exact) mass is 350 g/mol. The molecule has 2 N–H and O–H groups in total. The normalized spacial score (nSPS) is 18.6. The predicted molar refractivity (Wildman–Crippen MR) is 105 cm³/mol. The van der Waals surface area contributed by atoms with Gasteiger partial charge in [0, 0.05) is 44.0 Å². The first kappa shape index (κ1) is 17.2. The van der Waals surface area contributed by atoms with Gasteiger partial charge < -0.3 is 14.7 Å². The zero-order chi connectivity index (χ0) is 17.9.